The number of fused-ring (bicyclic) bond motifs is 2. The largest absolute Gasteiger partial charge is 0.147 e. The first kappa shape index (κ1) is 33.1. The Labute approximate surface area is 268 Å². The number of rotatable bonds is 8. The van der Waals surface area contributed by atoms with Gasteiger partial charge in [-0.3, -0.25) is 0 Å². The first-order valence-electron chi connectivity index (χ1n) is 15.3. The van der Waals surface area contributed by atoms with Crippen molar-refractivity contribution < 1.29 is 17.4 Å². The van der Waals surface area contributed by atoms with Crippen molar-refractivity contribution in [2.24, 2.45) is 0 Å². The van der Waals surface area contributed by atoms with Crippen LogP contribution in [0.3, 0.4) is 0 Å². The van der Waals surface area contributed by atoms with E-state index in [4.69, 9.17) is 0 Å². The molecule has 2 unspecified atom stereocenters. The normalized spacial score (nSPS) is 21.4. The molecule has 0 aromatic heterocycles. The van der Waals surface area contributed by atoms with E-state index >= 15 is 0 Å². The maximum atomic E-state index is 2.73. The molecule has 6 rings (SSSR count). The van der Waals surface area contributed by atoms with Crippen LogP contribution in [0.5, 0.6) is 0 Å². The van der Waals surface area contributed by atoms with Gasteiger partial charge in [0.05, 0.1) is 0 Å². The summed E-state index contributed by atoms with van der Waals surface area (Å²) in [4.78, 5) is 5.22. The minimum atomic E-state index is -3.73. The summed E-state index contributed by atoms with van der Waals surface area (Å²) in [6.45, 7) is 11.8. The molecule has 0 bridgehead atoms. The van der Waals surface area contributed by atoms with Crippen LogP contribution < -0.4 is 9.80 Å². The van der Waals surface area contributed by atoms with Gasteiger partial charge < -0.3 is 0 Å². The van der Waals surface area contributed by atoms with Crippen LogP contribution in [0.1, 0.15) is 53.4 Å². The Hall–Kier alpha value is -1.84. The van der Waals surface area contributed by atoms with Gasteiger partial charge in [0.1, 0.15) is 0 Å². The zero-order valence-electron chi connectivity index (χ0n) is 26.0. The van der Waals surface area contributed by atoms with Gasteiger partial charge in [-0.1, -0.05) is 0 Å². The molecule has 2 aromatic rings. The standard InChI is InChI=1S/2C17H18N.2CH3.2ClH.H2Si.Zr/c2*1-3-13-10-14-12-15(4-2)18(17(14)11-13)16-8-6-5-7-9-16;;;;;;/h2*5-9,11-12,15H,3-4H2,1-2H3;2*1H3;2*1H;1H2;. The predicted molar refractivity (Wildman–Crippen MR) is 188 cm³/mol. The molecule has 2 heterocycles. The number of halogens is 2. The van der Waals surface area contributed by atoms with Crippen LogP contribution in [0.25, 0.3) is 0 Å². The zero-order chi connectivity index (χ0) is 28.3. The van der Waals surface area contributed by atoms with E-state index in [-0.39, 0.29) is 24.8 Å². The van der Waals surface area contributed by atoms with E-state index in [1.165, 1.54) is 22.8 Å². The second-order valence-electron chi connectivity index (χ2n) is 12.8. The van der Waals surface area contributed by atoms with Crippen molar-refractivity contribution in [2.45, 2.75) is 74.7 Å². The van der Waals surface area contributed by atoms with E-state index in [0.29, 0.717) is 12.1 Å². The summed E-state index contributed by atoms with van der Waals surface area (Å²) in [5.74, 6) is 0. The smallest absolute Gasteiger partial charge is 0.147 e. The van der Waals surface area contributed by atoms with Gasteiger partial charge in [-0.2, -0.15) is 0 Å². The molecular weight excluding hydrogens is 651 g/mol. The van der Waals surface area contributed by atoms with Gasteiger partial charge in [0.2, 0.25) is 0 Å². The molecule has 0 saturated heterocycles. The molecule has 0 N–H and O–H groups in total. The van der Waals surface area contributed by atoms with E-state index in [1.54, 1.807) is 28.9 Å². The van der Waals surface area contributed by atoms with Crippen LogP contribution in [-0.4, -0.2) is 19.0 Å². The monoisotopic (exact) mass is 694 g/mol. The Morgan fingerprint density at radius 3 is 1.29 bits per heavy atom. The quantitative estimate of drug-likeness (QED) is 0.254. The minimum Gasteiger partial charge on any atom is -0.147 e. The van der Waals surface area contributed by atoms with Gasteiger partial charge >= 0.3 is 245 Å². The Balaban J connectivity index is 0.00000202. The second-order valence-corrected chi connectivity index (χ2v) is 41.0. The fourth-order valence-electron chi connectivity index (χ4n) is 7.87. The van der Waals surface area contributed by atoms with Crippen molar-refractivity contribution in [1.82, 2.24) is 0 Å². The van der Waals surface area contributed by atoms with Crippen LogP contribution in [-0.2, 0) is 17.4 Å². The van der Waals surface area contributed by atoms with E-state index < -0.39 is 17.4 Å². The molecule has 0 fully saturated rings. The number of benzene rings is 2. The second kappa shape index (κ2) is 12.3. The van der Waals surface area contributed by atoms with Crippen molar-refractivity contribution in [1.29, 1.82) is 0 Å². The maximum Gasteiger partial charge on any atom is -0.147 e. The first-order chi connectivity index (χ1) is 19.2. The topological polar surface area (TPSA) is 6.48 Å². The van der Waals surface area contributed by atoms with Gasteiger partial charge in [-0.05, 0) is 0 Å². The van der Waals surface area contributed by atoms with Crippen LogP contribution in [0.2, 0.25) is 9.26 Å². The van der Waals surface area contributed by atoms with Gasteiger partial charge in [0, 0.05) is 0 Å². The molecule has 222 valence electrons. The Kier molecular flexibility index (Phi) is 9.66. The SMILES string of the molecule is CCC1=[C]([Zr]([CH3])([CH3])(=[SiH2])[C]2=C(CC)C=C3C2=CC(CC)N3c2ccccc2)C2=CC(CC)N(c3ccccc3)C2=C1.Cl.Cl. The van der Waals surface area contributed by atoms with Gasteiger partial charge in [-0.25, -0.2) is 0 Å². The van der Waals surface area contributed by atoms with Gasteiger partial charge in [0.25, 0.3) is 0 Å². The van der Waals surface area contributed by atoms with E-state index in [0.717, 1.165) is 25.7 Å². The molecule has 2 aliphatic heterocycles. The molecule has 42 heavy (non-hydrogen) atoms. The number of allylic oxidation sites excluding steroid dienone is 6. The predicted octanol–water partition coefficient (Wildman–Crippen LogP) is 9.74. The third kappa shape index (κ3) is 5.05. The average molecular weight is 697 g/mol. The molecule has 2 atom stereocenters. The van der Waals surface area contributed by atoms with Crippen LogP contribution in [0.4, 0.5) is 11.4 Å². The van der Waals surface area contributed by atoms with Crippen LogP contribution >= 0.6 is 24.8 Å². The van der Waals surface area contributed by atoms with Crippen molar-refractivity contribution in [3.8, 4) is 0 Å². The third-order valence-electron chi connectivity index (χ3n) is 9.53. The van der Waals surface area contributed by atoms with E-state index in [1.807, 2.05) is 0 Å². The number of hydrogen-bond donors (Lipinski definition) is 0. The van der Waals surface area contributed by atoms with E-state index in [9.17, 15) is 0 Å². The molecule has 0 amide bonds. The number of hydrogen-bond acceptors (Lipinski definition) is 2. The molecule has 2 aromatic carbocycles. The molecule has 0 saturated carbocycles. The zero-order valence-corrected chi connectivity index (χ0v) is 31.5. The summed E-state index contributed by atoms with van der Waals surface area (Å²) < 4.78 is 8.92. The third-order valence-corrected chi connectivity index (χ3v) is 24.5. The molecule has 2 nitrogen and oxygen atoms in total. The fraction of sp³-hybridized carbons (Fsp3) is 0.333. The minimum absolute atomic E-state index is 0. The maximum absolute atomic E-state index is 3.73. The van der Waals surface area contributed by atoms with Gasteiger partial charge in [-0.15, -0.1) is 24.8 Å². The molecule has 0 radical (unpaired) electrons. The molecule has 2 aliphatic carbocycles. The van der Waals surface area contributed by atoms with Crippen LogP contribution in [0.15, 0.2) is 125 Å². The Morgan fingerprint density at radius 1 is 0.619 bits per heavy atom. The van der Waals surface area contributed by atoms with Crippen molar-refractivity contribution in [3.63, 3.8) is 0 Å². The van der Waals surface area contributed by atoms with Crippen molar-refractivity contribution in [2.75, 3.05) is 9.80 Å². The summed E-state index contributed by atoms with van der Waals surface area (Å²) in [5, 5.41) is 0. The summed E-state index contributed by atoms with van der Waals surface area (Å²) in [7, 11) is 0. The number of anilines is 2. The molecule has 6 heteroatoms. The Morgan fingerprint density at radius 2 is 0.976 bits per heavy atom. The Bertz CT molecular complexity index is 1510. The number of nitrogens with zero attached hydrogens (tertiary/aromatic N) is 2. The molecule has 4 aliphatic rings. The summed E-state index contributed by atoms with van der Waals surface area (Å²) >= 11 is -3.73. The van der Waals surface area contributed by atoms with Crippen molar-refractivity contribution in [3.05, 3.63) is 125 Å². The average Bonchev–Trinajstić information content (AvgIpc) is 3.69. The van der Waals surface area contributed by atoms with Gasteiger partial charge in [0.15, 0.2) is 0 Å². The first-order valence-corrected chi connectivity index (χ1v) is 28.6. The molecular formula is C36H46Cl2N2SiZr. The fourth-order valence-corrected chi connectivity index (χ4v) is 25.0. The molecule has 0 spiro atoms. The van der Waals surface area contributed by atoms with E-state index in [2.05, 4.69) is 139 Å². The summed E-state index contributed by atoms with van der Waals surface area (Å²) in [6.07, 6.45) is 14.7. The number of para-hydroxylation sites is 2. The summed E-state index contributed by atoms with van der Waals surface area (Å²) in [6, 6.07) is 22.9. The van der Waals surface area contributed by atoms with Crippen molar-refractivity contribution >= 4 is 43.1 Å². The summed E-state index contributed by atoms with van der Waals surface area (Å²) in [5.41, 5.74) is 11.7. The van der Waals surface area contributed by atoms with Crippen LogP contribution in [0, 0.1) is 0 Å².